The van der Waals surface area contributed by atoms with Gasteiger partial charge >= 0.3 is 0 Å². The Kier molecular flexibility index (Phi) is 7.16. The van der Waals surface area contributed by atoms with E-state index < -0.39 is 0 Å². The number of ether oxygens (including phenoxy) is 1. The summed E-state index contributed by atoms with van der Waals surface area (Å²) < 4.78 is 6.05. The molecular weight excluding hydrogens is 300 g/mol. The summed E-state index contributed by atoms with van der Waals surface area (Å²) in [7, 11) is 1.70. The lowest BCUT2D eigenvalue weighted by molar-refractivity contribution is 0.195. The number of nitrogens with one attached hydrogen (secondary N) is 2. The maximum atomic E-state index is 5.17. The molecule has 3 nitrogen and oxygen atoms in total. The molecule has 0 unspecified atom stereocenters. The minimum atomic E-state index is 0.678. The van der Waals surface area contributed by atoms with E-state index >= 15 is 0 Å². The quantitative estimate of drug-likeness (QED) is 0.624. The van der Waals surface area contributed by atoms with E-state index in [1.165, 1.54) is 5.56 Å². The van der Waals surface area contributed by atoms with Crippen LogP contribution in [0.4, 0.5) is 0 Å². The molecule has 0 aliphatic carbocycles. The summed E-state index contributed by atoms with van der Waals surface area (Å²) in [6, 6.07) is 8.09. The monoisotopic (exact) mass is 316 g/mol. The Morgan fingerprint density at radius 1 is 1.35 bits per heavy atom. The molecule has 0 spiro atoms. The fourth-order valence-corrected chi connectivity index (χ4v) is 1.90. The highest BCUT2D eigenvalue weighted by atomic mass is 79.9. The first-order valence-corrected chi connectivity index (χ1v) is 6.68. The first-order chi connectivity index (χ1) is 8.24. The number of hydrogen-bond acceptors (Lipinski definition) is 2. The minimum absolute atomic E-state index is 0.678. The number of hydrogen-bond donors (Lipinski definition) is 2. The average Bonchev–Trinajstić information content (AvgIpc) is 2.34. The maximum Gasteiger partial charge on any atom is 0.166 e. The molecule has 5 heteroatoms. The molecule has 0 aromatic heterocycles. The van der Waals surface area contributed by atoms with Crippen molar-refractivity contribution in [1.29, 1.82) is 0 Å². The van der Waals surface area contributed by atoms with Gasteiger partial charge in [-0.25, -0.2) is 0 Å². The largest absolute Gasteiger partial charge is 0.385 e. The molecule has 0 aliphatic heterocycles. The van der Waals surface area contributed by atoms with E-state index in [-0.39, 0.29) is 0 Å². The van der Waals surface area contributed by atoms with Gasteiger partial charge in [0.1, 0.15) is 0 Å². The van der Waals surface area contributed by atoms with Crippen molar-refractivity contribution >= 4 is 33.3 Å². The van der Waals surface area contributed by atoms with Gasteiger partial charge in [0, 0.05) is 31.3 Å². The molecule has 0 radical (unpaired) electrons. The SMILES string of the molecule is COCCCNC(=S)NCc1ccccc1Br. The van der Waals surface area contributed by atoms with Crippen LogP contribution in [0.15, 0.2) is 28.7 Å². The van der Waals surface area contributed by atoms with Gasteiger partial charge < -0.3 is 15.4 Å². The predicted octanol–water partition coefficient (Wildman–Crippen LogP) is 2.45. The smallest absolute Gasteiger partial charge is 0.166 e. The molecule has 1 rings (SSSR count). The average molecular weight is 317 g/mol. The zero-order valence-corrected chi connectivity index (χ0v) is 12.2. The molecular formula is C12H17BrN2OS. The molecule has 0 bridgehead atoms. The lowest BCUT2D eigenvalue weighted by Crippen LogP contribution is -2.35. The highest BCUT2D eigenvalue weighted by Gasteiger charge is 1.99. The predicted molar refractivity (Wildman–Crippen MR) is 78.1 cm³/mol. The Morgan fingerprint density at radius 3 is 2.82 bits per heavy atom. The Balaban J connectivity index is 2.22. The number of rotatable bonds is 6. The molecule has 0 fully saturated rings. The topological polar surface area (TPSA) is 33.3 Å². The van der Waals surface area contributed by atoms with Gasteiger partial charge in [0.25, 0.3) is 0 Å². The van der Waals surface area contributed by atoms with E-state index in [1.807, 2.05) is 18.2 Å². The van der Waals surface area contributed by atoms with E-state index in [1.54, 1.807) is 7.11 Å². The third-order valence-corrected chi connectivity index (χ3v) is 3.27. The molecule has 1 aromatic rings. The molecule has 0 atom stereocenters. The molecule has 2 N–H and O–H groups in total. The second-order valence-corrected chi connectivity index (χ2v) is 4.81. The van der Waals surface area contributed by atoms with Crippen molar-refractivity contribution in [2.45, 2.75) is 13.0 Å². The first kappa shape index (κ1) is 14.4. The zero-order chi connectivity index (χ0) is 12.5. The van der Waals surface area contributed by atoms with Crippen LogP contribution in [0.2, 0.25) is 0 Å². The van der Waals surface area contributed by atoms with Gasteiger partial charge in [0.2, 0.25) is 0 Å². The molecule has 17 heavy (non-hydrogen) atoms. The van der Waals surface area contributed by atoms with Crippen LogP contribution in [0.3, 0.4) is 0 Å². The van der Waals surface area contributed by atoms with Crippen LogP contribution in [0.1, 0.15) is 12.0 Å². The number of thiocarbonyl (C=S) groups is 1. The van der Waals surface area contributed by atoms with Crippen molar-refractivity contribution in [2.24, 2.45) is 0 Å². The Bertz CT molecular complexity index is 360. The number of halogens is 1. The second kappa shape index (κ2) is 8.44. The highest BCUT2D eigenvalue weighted by molar-refractivity contribution is 9.10. The minimum Gasteiger partial charge on any atom is -0.385 e. The van der Waals surface area contributed by atoms with Crippen LogP contribution in [-0.2, 0) is 11.3 Å². The summed E-state index contributed by atoms with van der Waals surface area (Å²) in [4.78, 5) is 0. The summed E-state index contributed by atoms with van der Waals surface area (Å²) >= 11 is 8.67. The standard InChI is InChI=1S/C12H17BrN2OS/c1-16-8-4-7-14-12(17)15-9-10-5-2-3-6-11(10)13/h2-3,5-6H,4,7-9H2,1H3,(H2,14,15,17). The summed E-state index contributed by atoms with van der Waals surface area (Å²) in [6.07, 6.45) is 0.952. The Hall–Kier alpha value is -0.650. The van der Waals surface area contributed by atoms with E-state index in [0.29, 0.717) is 5.11 Å². The molecule has 0 amide bonds. The van der Waals surface area contributed by atoms with E-state index in [4.69, 9.17) is 17.0 Å². The van der Waals surface area contributed by atoms with Crippen molar-refractivity contribution in [3.8, 4) is 0 Å². The van der Waals surface area contributed by atoms with Crippen LogP contribution >= 0.6 is 28.1 Å². The molecule has 0 heterocycles. The zero-order valence-electron chi connectivity index (χ0n) is 9.83. The van der Waals surface area contributed by atoms with E-state index in [2.05, 4.69) is 32.6 Å². The van der Waals surface area contributed by atoms with Crippen molar-refractivity contribution in [3.63, 3.8) is 0 Å². The van der Waals surface area contributed by atoms with Crippen molar-refractivity contribution in [1.82, 2.24) is 10.6 Å². The third kappa shape index (κ3) is 6.00. The lowest BCUT2D eigenvalue weighted by Gasteiger charge is -2.11. The maximum absolute atomic E-state index is 5.17. The summed E-state index contributed by atoms with van der Waals surface area (Å²) in [5, 5.41) is 6.98. The van der Waals surface area contributed by atoms with Crippen LogP contribution in [-0.4, -0.2) is 25.4 Å². The van der Waals surface area contributed by atoms with Gasteiger partial charge in [0.05, 0.1) is 0 Å². The molecule has 94 valence electrons. The van der Waals surface area contributed by atoms with Crippen molar-refractivity contribution in [2.75, 3.05) is 20.3 Å². The Morgan fingerprint density at radius 2 is 2.12 bits per heavy atom. The van der Waals surface area contributed by atoms with Crippen LogP contribution < -0.4 is 10.6 Å². The summed E-state index contributed by atoms with van der Waals surface area (Å²) in [6.45, 7) is 2.30. The van der Waals surface area contributed by atoms with E-state index in [9.17, 15) is 0 Å². The third-order valence-electron chi connectivity index (χ3n) is 2.21. The molecule has 0 saturated carbocycles. The van der Waals surface area contributed by atoms with Crippen LogP contribution in [0.5, 0.6) is 0 Å². The Labute approximate surface area is 116 Å². The van der Waals surface area contributed by atoms with Crippen LogP contribution in [0, 0.1) is 0 Å². The highest BCUT2D eigenvalue weighted by Crippen LogP contribution is 2.15. The van der Waals surface area contributed by atoms with Gasteiger partial charge in [-0.2, -0.15) is 0 Å². The number of benzene rings is 1. The fourth-order valence-electron chi connectivity index (χ4n) is 1.30. The molecule has 1 aromatic carbocycles. The molecule has 0 saturated heterocycles. The fraction of sp³-hybridized carbons (Fsp3) is 0.417. The van der Waals surface area contributed by atoms with Gasteiger partial charge in [0.15, 0.2) is 5.11 Å². The van der Waals surface area contributed by atoms with E-state index in [0.717, 1.165) is 30.6 Å². The van der Waals surface area contributed by atoms with Gasteiger partial charge in [-0.05, 0) is 30.3 Å². The summed E-state index contributed by atoms with van der Waals surface area (Å²) in [5.41, 5.74) is 1.19. The van der Waals surface area contributed by atoms with Crippen molar-refractivity contribution in [3.05, 3.63) is 34.3 Å². The normalized spacial score (nSPS) is 10.0. The van der Waals surface area contributed by atoms with Crippen molar-refractivity contribution < 1.29 is 4.74 Å². The van der Waals surface area contributed by atoms with Gasteiger partial charge in [-0.1, -0.05) is 34.1 Å². The first-order valence-electron chi connectivity index (χ1n) is 5.48. The number of methoxy groups -OCH3 is 1. The van der Waals surface area contributed by atoms with Gasteiger partial charge in [-0.3, -0.25) is 0 Å². The van der Waals surface area contributed by atoms with Gasteiger partial charge in [-0.15, -0.1) is 0 Å². The molecule has 0 aliphatic rings. The second-order valence-electron chi connectivity index (χ2n) is 3.55. The summed E-state index contributed by atoms with van der Waals surface area (Å²) in [5.74, 6) is 0. The lowest BCUT2D eigenvalue weighted by atomic mass is 10.2. The van der Waals surface area contributed by atoms with Crippen LogP contribution in [0.25, 0.3) is 0 Å².